The van der Waals surface area contributed by atoms with Gasteiger partial charge in [0.2, 0.25) is 0 Å². The molecule has 4 heteroatoms. The SMILES string of the molecule is CC(CN=C(N)NC1CCCCC1)N(C)C1CC1. The highest BCUT2D eigenvalue weighted by atomic mass is 15.2. The largest absolute Gasteiger partial charge is 0.370 e. The number of guanidine groups is 1. The Labute approximate surface area is 111 Å². The fourth-order valence-electron chi connectivity index (χ4n) is 2.70. The molecular formula is C14H28N4. The van der Waals surface area contributed by atoms with Crippen LogP contribution in [0.4, 0.5) is 0 Å². The Morgan fingerprint density at radius 1 is 1.28 bits per heavy atom. The van der Waals surface area contributed by atoms with E-state index < -0.39 is 0 Å². The van der Waals surface area contributed by atoms with Crippen molar-refractivity contribution < 1.29 is 0 Å². The van der Waals surface area contributed by atoms with Gasteiger partial charge in [-0.25, -0.2) is 0 Å². The lowest BCUT2D eigenvalue weighted by atomic mass is 9.96. The molecule has 4 nitrogen and oxygen atoms in total. The molecule has 0 aromatic rings. The summed E-state index contributed by atoms with van der Waals surface area (Å²) >= 11 is 0. The summed E-state index contributed by atoms with van der Waals surface area (Å²) in [6.07, 6.45) is 9.21. The maximum Gasteiger partial charge on any atom is 0.188 e. The smallest absolute Gasteiger partial charge is 0.188 e. The standard InChI is InChI=1S/C14H28N4/c1-11(18(2)13-8-9-13)10-16-14(15)17-12-6-4-3-5-7-12/h11-13H,3-10H2,1-2H3,(H3,15,16,17). The summed E-state index contributed by atoms with van der Waals surface area (Å²) in [7, 11) is 2.20. The lowest BCUT2D eigenvalue weighted by molar-refractivity contribution is 0.253. The number of aliphatic imine (C=N–C) groups is 1. The van der Waals surface area contributed by atoms with E-state index in [4.69, 9.17) is 5.73 Å². The van der Waals surface area contributed by atoms with Gasteiger partial charge in [0.15, 0.2) is 5.96 Å². The number of nitrogens with two attached hydrogens (primary N) is 1. The minimum Gasteiger partial charge on any atom is -0.370 e. The predicted octanol–water partition coefficient (Wildman–Crippen LogP) is 1.71. The molecule has 0 bridgehead atoms. The number of hydrogen-bond donors (Lipinski definition) is 2. The molecule has 0 radical (unpaired) electrons. The number of nitrogens with zero attached hydrogens (tertiary/aromatic N) is 2. The number of nitrogens with one attached hydrogen (secondary N) is 1. The predicted molar refractivity (Wildman–Crippen MR) is 76.7 cm³/mol. The second-order valence-electron chi connectivity index (χ2n) is 5.95. The second kappa shape index (κ2) is 6.41. The maximum absolute atomic E-state index is 5.97. The summed E-state index contributed by atoms with van der Waals surface area (Å²) < 4.78 is 0. The fourth-order valence-corrected chi connectivity index (χ4v) is 2.70. The zero-order chi connectivity index (χ0) is 13.0. The van der Waals surface area contributed by atoms with E-state index in [0.717, 1.165) is 12.6 Å². The summed E-state index contributed by atoms with van der Waals surface area (Å²) in [5.74, 6) is 0.637. The van der Waals surface area contributed by atoms with Crippen LogP contribution in [0.15, 0.2) is 4.99 Å². The first kappa shape index (κ1) is 13.7. The molecule has 0 aromatic heterocycles. The van der Waals surface area contributed by atoms with E-state index in [-0.39, 0.29) is 0 Å². The molecule has 3 N–H and O–H groups in total. The molecule has 0 heterocycles. The molecule has 0 aromatic carbocycles. The molecule has 1 unspecified atom stereocenters. The molecule has 2 aliphatic rings. The molecule has 1 atom stereocenters. The van der Waals surface area contributed by atoms with Crippen LogP contribution >= 0.6 is 0 Å². The summed E-state index contributed by atoms with van der Waals surface area (Å²) in [5.41, 5.74) is 5.97. The Kier molecular flexibility index (Phi) is 4.87. The summed E-state index contributed by atoms with van der Waals surface area (Å²) in [6.45, 7) is 3.04. The maximum atomic E-state index is 5.97. The molecule has 104 valence electrons. The zero-order valence-corrected chi connectivity index (χ0v) is 11.9. The Morgan fingerprint density at radius 2 is 1.94 bits per heavy atom. The molecule has 0 aliphatic heterocycles. The van der Waals surface area contributed by atoms with Crippen molar-refractivity contribution in [2.45, 2.75) is 70.0 Å². The third-order valence-electron chi connectivity index (χ3n) is 4.30. The molecular weight excluding hydrogens is 224 g/mol. The van der Waals surface area contributed by atoms with Gasteiger partial charge in [0, 0.05) is 18.1 Å². The molecule has 2 aliphatic carbocycles. The van der Waals surface area contributed by atoms with Crippen molar-refractivity contribution in [3.63, 3.8) is 0 Å². The minimum atomic E-state index is 0.490. The number of likely N-dealkylation sites (N-methyl/N-ethyl adjacent to an activating group) is 1. The van der Waals surface area contributed by atoms with Crippen molar-refractivity contribution in [3.05, 3.63) is 0 Å². The van der Waals surface area contributed by atoms with Crippen molar-refractivity contribution in [1.29, 1.82) is 0 Å². The van der Waals surface area contributed by atoms with Crippen LogP contribution in [0.25, 0.3) is 0 Å². The van der Waals surface area contributed by atoms with E-state index >= 15 is 0 Å². The summed E-state index contributed by atoms with van der Waals surface area (Å²) in [4.78, 5) is 6.92. The van der Waals surface area contributed by atoms with Gasteiger partial charge in [-0.05, 0) is 39.7 Å². The average molecular weight is 252 g/mol. The Hall–Kier alpha value is -0.770. The van der Waals surface area contributed by atoms with Crippen molar-refractivity contribution in [2.75, 3.05) is 13.6 Å². The monoisotopic (exact) mass is 252 g/mol. The first-order chi connectivity index (χ1) is 8.66. The third kappa shape index (κ3) is 4.16. The Morgan fingerprint density at radius 3 is 2.56 bits per heavy atom. The normalized spacial score (nSPS) is 24.3. The third-order valence-corrected chi connectivity index (χ3v) is 4.30. The molecule has 0 saturated heterocycles. The zero-order valence-electron chi connectivity index (χ0n) is 11.9. The first-order valence-corrected chi connectivity index (χ1v) is 7.45. The van der Waals surface area contributed by atoms with Crippen LogP contribution in [0.3, 0.4) is 0 Å². The van der Waals surface area contributed by atoms with Crippen molar-refractivity contribution >= 4 is 5.96 Å². The number of rotatable bonds is 5. The van der Waals surface area contributed by atoms with E-state index in [1.807, 2.05) is 0 Å². The van der Waals surface area contributed by atoms with E-state index in [1.165, 1.54) is 44.9 Å². The minimum absolute atomic E-state index is 0.490. The van der Waals surface area contributed by atoms with Crippen LogP contribution in [-0.2, 0) is 0 Å². The molecule has 2 rings (SSSR count). The van der Waals surface area contributed by atoms with Crippen LogP contribution in [0, 0.1) is 0 Å². The van der Waals surface area contributed by atoms with Gasteiger partial charge in [0.25, 0.3) is 0 Å². The van der Waals surface area contributed by atoms with Crippen molar-refractivity contribution in [1.82, 2.24) is 10.2 Å². The highest BCUT2D eigenvalue weighted by Gasteiger charge is 2.28. The molecule has 0 spiro atoms. The highest BCUT2D eigenvalue weighted by molar-refractivity contribution is 5.78. The first-order valence-electron chi connectivity index (χ1n) is 7.45. The van der Waals surface area contributed by atoms with Crippen molar-refractivity contribution in [3.8, 4) is 0 Å². The Balaban J connectivity index is 1.70. The van der Waals surface area contributed by atoms with Gasteiger partial charge in [-0.3, -0.25) is 9.89 Å². The average Bonchev–Trinajstić information content (AvgIpc) is 3.20. The van der Waals surface area contributed by atoms with E-state index in [2.05, 4.69) is 29.2 Å². The lowest BCUT2D eigenvalue weighted by Gasteiger charge is -2.25. The molecule has 18 heavy (non-hydrogen) atoms. The quantitative estimate of drug-likeness (QED) is 0.578. The van der Waals surface area contributed by atoms with Gasteiger partial charge in [-0.2, -0.15) is 0 Å². The van der Waals surface area contributed by atoms with Crippen LogP contribution in [0.5, 0.6) is 0 Å². The van der Waals surface area contributed by atoms with Crippen LogP contribution < -0.4 is 11.1 Å². The Bertz CT molecular complexity index is 280. The van der Waals surface area contributed by atoms with E-state index in [9.17, 15) is 0 Å². The summed E-state index contributed by atoms with van der Waals surface area (Å²) in [5, 5.41) is 3.37. The van der Waals surface area contributed by atoms with Crippen LogP contribution in [-0.4, -0.2) is 42.6 Å². The fraction of sp³-hybridized carbons (Fsp3) is 0.929. The van der Waals surface area contributed by atoms with Gasteiger partial charge in [0.05, 0.1) is 6.54 Å². The van der Waals surface area contributed by atoms with Gasteiger partial charge in [0.1, 0.15) is 0 Å². The second-order valence-corrected chi connectivity index (χ2v) is 5.95. The van der Waals surface area contributed by atoms with Gasteiger partial charge in [-0.15, -0.1) is 0 Å². The van der Waals surface area contributed by atoms with Gasteiger partial charge < -0.3 is 11.1 Å². The summed E-state index contributed by atoms with van der Waals surface area (Å²) in [6, 6.07) is 1.84. The van der Waals surface area contributed by atoms with E-state index in [1.54, 1.807) is 0 Å². The van der Waals surface area contributed by atoms with Gasteiger partial charge >= 0.3 is 0 Å². The van der Waals surface area contributed by atoms with E-state index in [0.29, 0.717) is 18.0 Å². The number of hydrogen-bond acceptors (Lipinski definition) is 2. The lowest BCUT2D eigenvalue weighted by Crippen LogP contribution is -2.42. The van der Waals surface area contributed by atoms with Crippen LogP contribution in [0.1, 0.15) is 51.9 Å². The molecule has 0 amide bonds. The van der Waals surface area contributed by atoms with Gasteiger partial charge in [-0.1, -0.05) is 19.3 Å². The van der Waals surface area contributed by atoms with Crippen LogP contribution in [0.2, 0.25) is 0 Å². The van der Waals surface area contributed by atoms with Crippen molar-refractivity contribution in [2.24, 2.45) is 10.7 Å². The molecule has 2 fully saturated rings. The molecule has 2 saturated carbocycles. The topological polar surface area (TPSA) is 53.6 Å². The highest BCUT2D eigenvalue weighted by Crippen LogP contribution is 2.26.